The second kappa shape index (κ2) is 8.98. The number of nitrogens with zero attached hydrogens (tertiary/aromatic N) is 2. The largest absolute Gasteiger partial charge is 0.356 e. The van der Waals surface area contributed by atoms with E-state index in [1.165, 1.54) is 12.1 Å². The molecule has 0 bridgehead atoms. The highest BCUT2D eigenvalue weighted by Gasteiger charge is 2.21. The average Bonchev–Trinajstić information content (AvgIpc) is 2.96. The number of aromatic amines is 1. The van der Waals surface area contributed by atoms with Crippen LogP contribution in [0.4, 0.5) is 4.39 Å². The zero-order chi connectivity index (χ0) is 20.9. The van der Waals surface area contributed by atoms with Crippen molar-refractivity contribution >= 4 is 5.91 Å². The molecule has 1 aliphatic rings. The van der Waals surface area contributed by atoms with Crippen LogP contribution in [0.15, 0.2) is 53.6 Å². The molecule has 2 N–H and O–H groups in total. The van der Waals surface area contributed by atoms with Gasteiger partial charge in [0.05, 0.1) is 12.1 Å². The standard InChI is InChI=1S/C23H23FN4O2/c24-18-7-5-17(6-8-18)22-27-20-10-4-15(3-9-19(20)23(30)28-22)14-26-21(29)12-16-2-1-11-25-13-16/h1-2,5-8,11,13,15H,3-4,9-10,12,14H2,(H,26,29)(H,27,28,30). The van der Waals surface area contributed by atoms with Crippen molar-refractivity contribution in [3.63, 3.8) is 0 Å². The normalized spacial score (nSPS) is 15.8. The molecular weight excluding hydrogens is 383 g/mol. The van der Waals surface area contributed by atoms with Gasteiger partial charge in [0.2, 0.25) is 5.91 Å². The lowest BCUT2D eigenvalue weighted by Crippen LogP contribution is -2.30. The number of pyridine rings is 1. The van der Waals surface area contributed by atoms with Gasteiger partial charge in [0.1, 0.15) is 11.6 Å². The van der Waals surface area contributed by atoms with Gasteiger partial charge in [-0.2, -0.15) is 0 Å². The molecule has 30 heavy (non-hydrogen) atoms. The highest BCUT2D eigenvalue weighted by molar-refractivity contribution is 5.78. The van der Waals surface area contributed by atoms with Crippen LogP contribution in [-0.2, 0) is 24.1 Å². The summed E-state index contributed by atoms with van der Waals surface area (Å²) in [6.07, 6.45) is 6.66. The summed E-state index contributed by atoms with van der Waals surface area (Å²) in [5.41, 5.74) is 2.93. The predicted molar refractivity (Wildman–Crippen MR) is 111 cm³/mol. The minimum absolute atomic E-state index is 0.0284. The molecule has 6 nitrogen and oxygen atoms in total. The predicted octanol–water partition coefficient (Wildman–Crippen LogP) is 2.82. The zero-order valence-corrected chi connectivity index (χ0v) is 16.5. The van der Waals surface area contributed by atoms with Crippen molar-refractivity contribution in [3.8, 4) is 11.4 Å². The third-order valence-electron chi connectivity index (χ3n) is 5.49. The van der Waals surface area contributed by atoms with Gasteiger partial charge in [0, 0.05) is 30.1 Å². The molecule has 1 aromatic carbocycles. The molecule has 0 fully saturated rings. The lowest BCUT2D eigenvalue weighted by Gasteiger charge is -2.14. The number of rotatable bonds is 5. The maximum absolute atomic E-state index is 13.2. The number of halogens is 1. The summed E-state index contributed by atoms with van der Waals surface area (Å²) >= 11 is 0. The maximum Gasteiger partial charge on any atom is 0.254 e. The van der Waals surface area contributed by atoms with E-state index in [4.69, 9.17) is 0 Å². The fourth-order valence-corrected chi connectivity index (χ4v) is 3.80. The van der Waals surface area contributed by atoms with E-state index in [0.29, 0.717) is 42.8 Å². The van der Waals surface area contributed by atoms with Crippen LogP contribution in [0.1, 0.15) is 29.7 Å². The van der Waals surface area contributed by atoms with Crippen molar-refractivity contribution < 1.29 is 9.18 Å². The van der Waals surface area contributed by atoms with Crippen LogP contribution in [0.5, 0.6) is 0 Å². The summed E-state index contributed by atoms with van der Waals surface area (Å²) in [6, 6.07) is 9.62. The molecule has 0 aliphatic heterocycles. The number of carbonyl (C=O) groups excluding carboxylic acids is 1. The van der Waals surface area contributed by atoms with Crippen molar-refractivity contribution in [2.45, 2.75) is 32.1 Å². The fourth-order valence-electron chi connectivity index (χ4n) is 3.80. The summed E-state index contributed by atoms with van der Waals surface area (Å²) < 4.78 is 13.2. The highest BCUT2D eigenvalue weighted by atomic mass is 19.1. The summed E-state index contributed by atoms with van der Waals surface area (Å²) in [5, 5.41) is 3.00. The van der Waals surface area contributed by atoms with Gasteiger partial charge in [-0.25, -0.2) is 9.37 Å². The van der Waals surface area contributed by atoms with E-state index in [-0.39, 0.29) is 23.2 Å². The smallest absolute Gasteiger partial charge is 0.254 e. The third kappa shape index (κ3) is 4.79. The number of hydrogen-bond donors (Lipinski definition) is 2. The fraction of sp³-hybridized carbons (Fsp3) is 0.304. The average molecular weight is 406 g/mol. The van der Waals surface area contributed by atoms with Crippen molar-refractivity contribution in [3.05, 3.63) is 81.8 Å². The van der Waals surface area contributed by atoms with Crippen LogP contribution in [0.3, 0.4) is 0 Å². The summed E-state index contributed by atoms with van der Waals surface area (Å²) in [4.78, 5) is 36.3. The number of carbonyl (C=O) groups is 1. The number of aryl methyl sites for hydroxylation is 1. The number of H-pyrrole nitrogens is 1. The minimum atomic E-state index is -0.329. The molecule has 1 unspecified atom stereocenters. The van der Waals surface area contributed by atoms with Gasteiger partial charge in [-0.05, 0) is 67.5 Å². The number of fused-ring (bicyclic) bond motifs is 1. The molecule has 0 saturated carbocycles. The Labute approximate surface area is 173 Å². The first-order valence-electron chi connectivity index (χ1n) is 10.1. The molecule has 0 saturated heterocycles. The quantitative estimate of drug-likeness (QED) is 0.638. The zero-order valence-electron chi connectivity index (χ0n) is 16.5. The van der Waals surface area contributed by atoms with Gasteiger partial charge in [0.15, 0.2) is 0 Å². The first-order chi connectivity index (χ1) is 14.6. The topological polar surface area (TPSA) is 87.7 Å². The van der Waals surface area contributed by atoms with E-state index in [9.17, 15) is 14.0 Å². The Morgan fingerprint density at radius 2 is 1.97 bits per heavy atom. The van der Waals surface area contributed by atoms with Gasteiger partial charge in [-0.1, -0.05) is 6.07 Å². The molecule has 7 heteroatoms. The first-order valence-corrected chi connectivity index (χ1v) is 10.1. The van der Waals surface area contributed by atoms with Gasteiger partial charge in [-0.15, -0.1) is 0 Å². The van der Waals surface area contributed by atoms with Crippen LogP contribution in [-0.4, -0.2) is 27.4 Å². The van der Waals surface area contributed by atoms with Crippen LogP contribution in [0, 0.1) is 11.7 Å². The Bertz CT molecular complexity index is 1080. The Morgan fingerprint density at radius 1 is 1.17 bits per heavy atom. The van der Waals surface area contributed by atoms with Crippen LogP contribution in [0.2, 0.25) is 0 Å². The van der Waals surface area contributed by atoms with E-state index in [1.807, 2.05) is 12.1 Å². The third-order valence-corrected chi connectivity index (χ3v) is 5.49. The molecule has 2 aromatic heterocycles. The molecule has 1 aliphatic carbocycles. The summed E-state index contributed by atoms with van der Waals surface area (Å²) in [7, 11) is 0. The number of amides is 1. The number of aromatic nitrogens is 3. The SMILES string of the molecule is O=C(Cc1cccnc1)NCC1CCc2nc(-c3ccc(F)cc3)[nH]c(=O)c2CC1. The number of benzene rings is 1. The molecule has 0 spiro atoms. The van der Waals surface area contributed by atoms with Crippen molar-refractivity contribution in [2.75, 3.05) is 6.54 Å². The molecular formula is C23H23FN4O2. The number of hydrogen-bond acceptors (Lipinski definition) is 4. The second-order valence-corrected chi connectivity index (χ2v) is 7.63. The van der Waals surface area contributed by atoms with Crippen LogP contribution in [0.25, 0.3) is 11.4 Å². The minimum Gasteiger partial charge on any atom is -0.356 e. The van der Waals surface area contributed by atoms with E-state index in [1.54, 1.807) is 24.5 Å². The molecule has 1 amide bonds. The van der Waals surface area contributed by atoms with Gasteiger partial charge in [-0.3, -0.25) is 14.6 Å². The van der Waals surface area contributed by atoms with Crippen molar-refractivity contribution in [1.29, 1.82) is 0 Å². The molecule has 154 valence electrons. The molecule has 0 radical (unpaired) electrons. The monoisotopic (exact) mass is 406 g/mol. The highest BCUT2D eigenvalue weighted by Crippen LogP contribution is 2.23. The van der Waals surface area contributed by atoms with E-state index >= 15 is 0 Å². The Kier molecular flexibility index (Phi) is 5.97. The summed E-state index contributed by atoms with van der Waals surface area (Å²) in [6.45, 7) is 0.579. The van der Waals surface area contributed by atoms with E-state index < -0.39 is 0 Å². The van der Waals surface area contributed by atoms with Crippen molar-refractivity contribution in [1.82, 2.24) is 20.3 Å². The lowest BCUT2D eigenvalue weighted by molar-refractivity contribution is -0.120. The van der Waals surface area contributed by atoms with E-state index in [2.05, 4.69) is 20.3 Å². The molecule has 2 heterocycles. The Balaban J connectivity index is 1.39. The van der Waals surface area contributed by atoms with Crippen LogP contribution < -0.4 is 10.9 Å². The van der Waals surface area contributed by atoms with Gasteiger partial charge < -0.3 is 10.3 Å². The first kappa shape index (κ1) is 19.9. The second-order valence-electron chi connectivity index (χ2n) is 7.63. The lowest BCUT2D eigenvalue weighted by atomic mass is 9.99. The van der Waals surface area contributed by atoms with Crippen LogP contribution >= 0.6 is 0 Å². The van der Waals surface area contributed by atoms with Gasteiger partial charge in [0.25, 0.3) is 5.56 Å². The van der Waals surface area contributed by atoms with Gasteiger partial charge >= 0.3 is 0 Å². The van der Waals surface area contributed by atoms with E-state index in [0.717, 1.165) is 24.1 Å². The molecule has 3 aromatic rings. The molecule has 4 rings (SSSR count). The Hall–Kier alpha value is -3.35. The summed E-state index contributed by atoms with van der Waals surface area (Å²) in [5.74, 6) is 0.385. The maximum atomic E-state index is 13.2. The molecule has 1 atom stereocenters. The number of nitrogens with one attached hydrogen (secondary N) is 2. The Morgan fingerprint density at radius 3 is 2.73 bits per heavy atom. The van der Waals surface area contributed by atoms with Crippen molar-refractivity contribution in [2.24, 2.45) is 5.92 Å².